The van der Waals surface area contributed by atoms with E-state index in [1.807, 2.05) is 6.92 Å². The predicted octanol–water partition coefficient (Wildman–Crippen LogP) is 2.04. The fraction of sp³-hybridized carbons (Fsp3) is 0.562. The molecule has 0 aliphatic carbocycles. The highest BCUT2D eigenvalue weighted by Gasteiger charge is 2.24. The van der Waals surface area contributed by atoms with Gasteiger partial charge in [0, 0.05) is 13.1 Å². The van der Waals surface area contributed by atoms with Gasteiger partial charge in [0.15, 0.2) is 0 Å². The van der Waals surface area contributed by atoms with E-state index in [-0.39, 0.29) is 17.6 Å². The average Bonchev–Trinajstić information content (AvgIpc) is 2.41. The zero-order valence-corrected chi connectivity index (χ0v) is 12.2. The van der Waals surface area contributed by atoms with Crippen LogP contribution in [0.5, 0.6) is 0 Å². The van der Waals surface area contributed by atoms with Gasteiger partial charge in [-0.1, -0.05) is 13.0 Å². The number of hydrogen-bond donors (Lipinski definition) is 2. The molecule has 0 bridgehead atoms. The fourth-order valence-electron chi connectivity index (χ4n) is 2.76. The zero-order chi connectivity index (χ0) is 14.5. The zero-order valence-electron chi connectivity index (χ0n) is 12.2. The lowest BCUT2D eigenvalue weighted by molar-refractivity contribution is -0.125. The van der Waals surface area contributed by atoms with Crippen molar-refractivity contribution in [3.63, 3.8) is 0 Å². The Bertz CT molecular complexity index is 476. The summed E-state index contributed by atoms with van der Waals surface area (Å²) in [4.78, 5) is 12.1. The molecule has 2 atom stereocenters. The summed E-state index contributed by atoms with van der Waals surface area (Å²) in [5.41, 5.74) is 2.02. The first kappa shape index (κ1) is 15.0. The Morgan fingerprint density at radius 2 is 2.25 bits per heavy atom. The molecule has 1 aromatic carbocycles. The van der Waals surface area contributed by atoms with Gasteiger partial charge < -0.3 is 10.6 Å². The van der Waals surface area contributed by atoms with Crippen LogP contribution in [0, 0.1) is 24.6 Å². The highest BCUT2D eigenvalue weighted by atomic mass is 19.1. The van der Waals surface area contributed by atoms with E-state index in [4.69, 9.17) is 0 Å². The summed E-state index contributed by atoms with van der Waals surface area (Å²) >= 11 is 0. The molecule has 1 aliphatic rings. The number of nitrogens with one attached hydrogen (secondary N) is 2. The molecule has 1 aliphatic heterocycles. The third-order valence-electron chi connectivity index (χ3n) is 3.94. The van der Waals surface area contributed by atoms with Crippen molar-refractivity contribution < 1.29 is 9.18 Å². The first-order valence-corrected chi connectivity index (χ1v) is 7.29. The van der Waals surface area contributed by atoms with Crippen LogP contribution in [0.3, 0.4) is 0 Å². The second kappa shape index (κ2) is 6.84. The van der Waals surface area contributed by atoms with Gasteiger partial charge in [-0.15, -0.1) is 0 Å². The molecule has 0 radical (unpaired) electrons. The molecule has 0 saturated carbocycles. The number of benzene rings is 1. The molecule has 4 heteroatoms. The van der Waals surface area contributed by atoms with Gasteiger partial charge in [-0.3, -0.25) is 4.79 Å². The molecule has 1 saturated heterocycles. The van der Waals surface area contributed by atoms with Crippen molar-refractivity contribution in [3.05, 3.63) is 35.1 Å². The van der Waals surface area contributed by atoms with E-state index in [1.54, 1.807) is 6.07 Å². The van der Waals surface area contributed by atoms with E-state index in [2.05, 4.69) is 17.6 Å². The Hall–Kier alpha value is -1.42. The summed E-state index contributed by atoms with van der Waals surface area (Å²) in [6, 6.07) is 4.79. The lowest BCUT2D eigenvalue weighted by atomic mass is 9.91. The van der Waals surface area contributed by atoms with Gasteiger partial charge in [0.05, 0.1) is 5.92 Å². The molecule has 2 unspecified atom stereocenters. The van der Waals surface area contributed by atoms with Crippen LogP contribution in [0.25, 0.3) is 0 Å². The molecule has 3 nitrogen and oxygen atoms in total. The Morgan fingerprint density at radius 1 is 1.45 bits per heavy atom. The smallest absolute Gasteiger partial charge is 0.224 e. The average molecular weight is 278 g/mol. The molecule has 1 fully saturated rings. The number of carbonyl (C=O) groups excluding carboxylic acids is 1. The van der Waals surface area contributed by atoms with Gasteiger partial charge in [-0.25, -0.2) is 4.39 Å². The standard InChI is InChI=1S/C16H23FN2O/c1-11-7-14(10-18-9-11)16(20)19-6-5-13-3-4-15(17)8-12(13)2/h3-4,8,11,14,18H,5-7,9-10H2,1-2H3,(H,19,20). The lowest BCUT2D eigenvalue weighted by Crippen LogP contribution is -2.43. The van der Waals surface area contributed by atoms with E-state index in [9.17, 15) is 9.18 Å². The number of aryl methyl sites for hydroxylation is 1. The molecule has 1 heterocycles. The van der Waals surface area contributed by atoms with Crippen LogP contribution in [-0.2, 0) is 11.2 Å². The third-order valence-corrected chi connectivity index (χ3v) is 3.94. The highest BCUT2D eigenvalue weighted by molar-refractivity contribution is 5.79. The van der Waals surface area contributed by atoms with Crippen molar-refractivity contribution >= 4 is 5.91 Å². The summed E-state index contributed by atoms with van der Waals surface area (Å²) in [5, 5.41) is 6.28. The van der Waals surface area contributed by atoms with Crippen molar-refractivity contribution in [2.24, 2.45) is 11.8 Å². The quantitative estimate of drug-likeness (QED) is 0.885. The van der Waals surface area contributed by atoms with E-state index in [0.29, 0.717) is 12.5 Å². The van der Waals surface area contributed by atoms with Crippen molar-refractivity contribution in [2.75, 3.05) is 19.6 Å². The minimum absolute atomic E-state index is 0.0769. The highest BCUT2D eigenvalue weighted by Crippen LogP contribution is 2.16. The monoisotopic (exact) mass is 278 g/mol. The maximum absolute atomic E-state index is 13.0. The first-order chi connectivity index (χ1) is 9.56. The Kier molecular flexibility index (Phi) is 5.12. The molecule has 1 aromatic rings. The maximum atomic E-state index is 13.0. The van der Waals surface area contributed by atoms with Gasteiger partial charge in [0.2, 0.25) is 5.91 Å². The largest absolute Gasteiger partial charge is 0.355 e. The van der Waals surface area contributed by atoms with Gasteiger partial charge in [-0.05, 0) is 55.5 Å². The van der Waals surface area contributed by atoms with Gasteiger partial charge in [0.1, 0.15) is 5.82 Å². The van der Waals surface area contributed by atoms with E-state index in [1.165, 1.54) is 12.1 Å². The van der Waals surface area contributed by atoms with Gasteiger partial charge >= 0.3 is 0 Å². The van der Waals surface area contributed by atoms with Crippen LogP contribution in [0.1, 0.15) is 24.5 Å². The molecular formula is C16H23FN2O. The number of halogens is 1. The Labute approximate surface area is 120 Å². The van der Waals surface area contributed by atoms with Crippen molar-refractivity contribution in [2.45, 2.75) is 26.7 Å². The third kappa shape index (κ3) is 4.04. The minimum Gasteiger partial charge on any atom is -0.355 e. The van der Waals surface area contributed by atoms with Crippen LogP contribution < -0.4 is 10.6 Å². The molecule has 0 aromatic heterocycles. The Balaban J connectivity index is 1.79. The topological polar surface area (TPSA) is 41.1 Å². The fourth-order valence-corrected chi connectivity index (χ4v) is 2.76. The molecule has 2 N–H and O–H groups in total. The van der Waals surface area contributed by atoms with Crippen LogP contribution in [0.15, 0.2) is 18.2 Å². The number of amides is 1. The summed E-state index contributed by atoms with van der Waals surface area (Å²) in [6.07, 6.45) is 1.70. The number of hydrogen-bond acceptors (Lipinski definition) is 2. The molecule has 1 amide bonds. The summed E-state index contributed by atoms with van der Waals surface area (Å²) in [5.74, 6) is 0.549. The number of carbonyl (C=O) groups is 1. The van der Waals surface area contributed by atoms with Crippen LogP contribution in [0.2, 0.25) is 0 Å². The SMILES string of the molecule is Cc1cc(F)ccc1CCNC(=O)C1CNCC(C)C1. The summed E-state index contributed by atoms with van der Waals surface area (Å²) in [7, 11) is 0. The Morgan fingerprint density at radius 3 is 2.95 bits per heavy atom. The van der Waals surface area contributed by atoms with Gasteiger partial charge in [-0.2, -0.15) is 0 Å². The molecule has 20 heavy (non-hydrogen) atoms. The minimum atomic E-state index is -0.211. The first-order valence-electron chi connectivity index (χ1n) is 7.29. The van der Waals surface area contributed by atoms with Crippen LogP contribution >= 0.6 is 0 Å². The van der Waals surface area contributed by atoms with E-state index in [0.717, 1.165) is 37.1 Å². The summed E-state index contributed by atoms with van der Waals surface area (Å²) < 4.78 is 13.0. The van der Waals surface area contributed by atoms with Gasteiger partial charge in [0.25, 0.3) is 0 Å². The predicted molar refractivity (Wildman–Crippen MR) is 78.0 cm³/mol. The second-order valence-electron chi connectivity index (χ2n) is 5.81. The van der Waals surface area contributed by atoms with Crippen molar-refractivity contribution in [3.8, 4) is 0 Å². The van der Waals surface area contributed by atoms with E-state index >= 15 is 0 Å². The maximum Gasteiger partial charge on any atom is 0.224 e. The molecule has 2 rings (SSSR count). The normalized spacial score (nSPS) is 22.6. The molecule has 110 valence electrons. The van der Waals surface area contributed by atoms with E-state index < -0.39 is 0 Å². The second-order valence-corrected chi connectivity index (χ2v) is 5.81. The molecule has 0 spiro atoms. The van der Waals surface area contributed by atoms with Crippen LogP contribution in [-0.4, -0.2) is 25.5 Å². The molecular weight excluding hydrogens is 255 g/mol. The summed E-state index contributed by atoms with van der Waals surface area (Å²) in [6.45, 7) is 6.43. The van der Waals surface area contributed by atoms with Crippen molar-refractivity contribution in [1.82, 2.24) is 10.6 Å². The number of piperidine rings is 1. The van der Waals surface area contributed by atoms with Crippen molar-refractivity contribution in [1.29, 1.82) is 0 Å². The lowest BCUT2D eigenvalue weighted by Gasteiger charge is -2.26. The number of rotatable bonds is 4. The van der Waals surface area contributed by atoms with Crippen LogP contribution in [0.4, 0.5) is 4.39 Å².